The molecule has 0 bridgehead atoms. The van der Waals surface area contributed by atoms with Gasteiger partial charge in [0.1, 0.15) is 0 Å². The molecular weight excluding hydrogens is 160 g/mol. The summed E-state index contributed by atoms with van der Waals surface area (Å²) in [5.74, 6) is 0.996. The van der Waals surface area contributed by atoms with E-state index in [1.165, 1.54) is 51.7 Å². The third-order valence-corrected chi connectivity index (χ3v) is 3.60. The lowest BCUT2D eigenvalue weighted by Crippen LogP contribution is -2.36. The third kappa shape index (κ3) is 2.44. The van der Waals surface area contributed by atoms with Crippen molar-refractivity contribution in [1.82, 2.24) is 10.2 Å². The fourth-order valence-corrected chi connectivity index (χ4v) is 2.69. The van der Waals surface area contributed by atoms with Gasteiger partial charge in [-0.3, -0.25) is 4.90 Å². The summed E-state index contributed by atoms with van der Waals surface area (Å²) >= 11 is 0. The summed E-state index contributed by atoms with van der Waals surface area (Å²) in [6.45, 7) is 6.08. The van der Waals surface area contributed by atoms with Gasteiger partial charge in [0, 0.05) is 19.6 Å². The number of rotatable bonds is 2. The molecule has 1 aliphatic heterocycles. The van der Waals surface area contributed by atoms with Crippen LogP contribution in [0, 0.1) is 5.92 Å². The zero-order valence-corrected chi connectivity index (χ0v) is 8.76. The molecule has 0 aromatic carbocycles. The molecule has 1 saturated carbocycles. The number of hydrogen-bond acceptors (Lipinski definition) is 2. The monoisotopic (exact) mass is 182 g/mol. The van der Waals surface area contributed by atoms with Crippen molar-refractivity contribution in [3.05, 3.63) is 0 Å². The van der Waals surface area contributed by atoms with Crippen LogP contribution in [0.2, 0.25) is 0 Å². The molecule has 1 heterocycles. The predicted molar refractivity (Wildman–Crippen MR) is 55.6 cm³/mol. The van der Waals surface area contributed by atoms with Gasteiger partial charge in [0.25, 0.3) is 0 Å². The maximum Gasteiger partial charge on any atom is 0.0569 e. The van der Waals surface area contributed by atoms with E-state index >= 15 is 0 Å². The van der Waals surface area contributed by atoms with E-state index in [0.717, 1.165) is 5.92 Å². The SMILES string of the molecule is CC1NCCN1CC1CCCCC1. The maximum absolute atomic E-state index is 3.49. The Morgan fingerprint density at radius 1 is 1.23 bits per heavy atom. The van der Waals surface area contributed by atoms with Crippen molar-refractivity contribution in [2.45, 2.75) is 45.2 Å². The molecule has 1 aliphatic carbocycles. The Hall–Kier alpha value is -0.0800. The molecule has 2 nitrogen and oxygen atoms in total. The van der Waals surface area contributed by atoms with Crippen molar-refractivity contribution < 1.29 is 0 Å². The van der Waals surface area contributed by atoms with Crippen molar-refractivity contribution in [3.8, 4) is 0 Å². The van der Waals surface area contributed by atoms with Gasteiger partial charge >= 0.3 is 0 Å². The van der Waals surface area contributed by atoms with Gasteiger partial charge in [-0.15, -0.1) is 0 Å². The van der Waals surface area contributed by atoms with E-state index in [0.29, 0.717) is 6.17 Å². The molecule has 1 atom stereocenters. The average molecular weight is 182 g/mol. The second-order valence-electron chi connectivity index (χ2n) is 4.63. The molecule has 1 N–H and O–H groups in total. The van der Waals surface area contributed by atoms with E-state index in [-0.39, 0.29) is 0 Å². The van der Waals surface area contributed by atoms with Crippen LogP contribution < -0.4 is 5.32 Å². The summed E-state index contributed by atoms with van der Waals surface area (Å²) in [7, 11) is 0. The number of nitrogens with one attached hydrogen (secondary N) is 1. The Morgan fingerprint density at radius 3 is 2.62 bits per heavy atom. The molecule has 1 unspecified atom stereocenters. The van der Waals surface area contributed by atoms with Gasteiger partial charge in [0.05, 0.1) is 6.17 Å². The predicted octanol–water partition coefficient (Wildman–Crippen LogP) is 1.82. The van der Waals surface area contributed by atoms with Gasteiger partial charge in [0.15, 0.2) is 0 Å². The molecule has 2 aliphatic rings. The minimum atomic E-state index is 0.627. The zero-order chi connectivity index (χ0) is 9.10. The molecule has 0 aromatic rings. The van der Waals surface area contributed by atoms with Gasteiger partial charge in [-0.05, 0) is 25.7 Å². The van der Waals surface area contributed by atoms with Crippen LogP contribution in [-0.4, -0.2) is 30.7 Å². The first-order valence-corrected chi connectivity index (χ1v) is 5.83. The maximum atomic E-state index is 3.49. The molecule has 2 rings (SSSR count). The Labute approximate surface area is 81.7 Å². The van der Waals surface area contributed by atoms with Crippen molar-refractivity contribution in [1.29, 1.82) is 0 Å². The normalized spacial score (nSPS) is 32.5. The van der Waals surface area contributed by atoms with Gasteiger partial charge in [-0.25, -0.2) is 0 Å². The summed E-state index contributed by atoms with van der Waals surface area (Å²) in [5, 5.41) is 3.49. The zero-order valence-electron chi connectivity index (χ0n) is 8.76. The second-order valence-corrected chi connectivity index (χ2v) is 4.63. The van der Waals surface area contributed by atoms with Crippen molar-refractivity contribution in [3.63, 3.8) is 0 Å². The molecule has 13 heavy (non-hydrogen) atoms. The van der Waals surface area contributed by atoms with Crippen LogP contribution in [0.1, 0.15) is 39.0 Å². The Kier molecular flexibility index (Phi) is 3.23. The summed E-state index contributed by atoms with van der Waals surface area (Å²) in [6.07, 6.45) is 8.00. The van der Waals surface area contributed by atoms with E-state index < -0.39 is 0 Å². The van der Waals surface area contributed by atoms with Crippen molar-refractivity contribution >= 4 is 0 Å². The van der Waals surface area contributed by atoms with Gasteiger partial charge in [-0.1, -0.05) is 19.3 Å². The van der Waals surface area contributed by atoms with Crippen molar-refractivity contribution in [2.24, 2.45) is 5.92 Å². The summed E-state index contributed by atoms with van der Waals surface area (Å²) in [5.41, 5.74) is 0. The molecule has 0 amide bonds. The van der Waals surface area contributed by atoms with Crippen LogP contribution in [0.4, 0.5) is 0 Å². The summed E-state index contributed by atoms with van der Waals surface area (Å²) in [4.78, 5) is 2.61. The van der Waals surface area contributed by atoms with Crippen molar-refractivity contribution in [2.75, 3.05) is 19.6 Å². The highest BCUT2D eigenvalue weighted by Crippen LogP contribution is 2.25. The molecule has 0 aromatic heterocycles. The van der Waals surface area contributed by atoms with Crippen LogP contribution in [0.5, 0.6) is 0 Å². The molecule has 0 spiro atoms. The van der Waals surface area contributed by atoms with E-state index in [1.54, 1.807) is 0 Å². The second kappa shape index (κ2) is 4.43. The smallest absolute Gasteiger partial charge is 0.0569 e. The average Bonchev–Trinajstić information content (AvgIpc) is 2.54. The van der Waals surface area contributed by atoms with E-state index in [1.807, 2.05) is 0 Å². The van der Waals surface area contributed by atoms with Gasteiger partial charge in [0.2, 0.25) is 0 Å². The van der Waals surface area contributed by atoms with Crippen LogP contribution in [-0.2, 0) is 0 Å². The fraction of sp³-hybridized carbons (Fsp3) is 1.00. The number of nitrogens with zero attached hydrogens (tertiary/aromatic N) is 1. The van der Waals surface area contributed by atoms with Crippen LogP contribution in [0.3, 0.4) is 0 Å². The van der Waals surface area contributed by atoms with Crippen LogP contribution in [0.25, 0.3) is 0 Å². The molecule has 76 valence electrons. The van der Waals surface area contributed by atoms with E-state index in [9.17, 15) is 0 Å². The van der Waals surface area contributed by atoms with Gasteiger partial charge in [-0.2, -0.15) is 0 Å². The lowest BCUT2D eigenvalue weighted by molar-refractivity contribution is 0.190. The Morgan fingerprint density at radius 2 is 2.00 bits per heavy atom. The quantitative estimate of drug-likeness (QED) is 0.701. The minimum Gasteiger partial charge on any atom is -0.301 e. The van der Waals surface area contributed by atoms with E-state index in [4.69, 9.17) is 0 Å². The molecule has 2 heteroatoms. The lowest BCUT2D eigenvalue weighted by atomic mass is 9.89. The molecular formula is C11H22N2. The highest BCUT2D eigenvalue weighted by molar-refractivity contribution is 4.78. The summed E-state index contributed by atoms with van der Waals surface area (Å²) < 4.78 is 0. The van der Waals surface area contributed by atoms with Crippen LogP contribution >= 0.6 is 0 Å². The first-order chi connectivity index (χ1) is 6.36. The number of hydrogen-bond donors (Lipinski definition) is 1. The standard InChI is InChI=1S/C11H22N2/c1-10-12-7-8-13(10)9-11-5-3-2-4-6-11/h10-12H,2-9H2,1H3. The topological polar surface area (TPSA) is 15.3 Å². The first kappa shape index (κ1) is 9.47. The fourth-order valence-electron chi connectivity index (χ4n) is 2.69. The molecule has 1 saturated heterocycles. The molecule has 0 radical (unpaired) electrons. The first-order valence-electron chi connectivity index (χ1n) is 5.83. The highest BCUT2D eigenvalue weighted by Gasteiger charge is 2.23. The summed E-state index contributed by atoms with van der Waals surface area (Å²) in [6, 6.07) is 0. The lowest BCUT2D eigenvalue weighted by Gasteiger charge is -2.28. The Balaban J connectivity index is 1.75. The van der Waals surface area contributed by atoms with Crippen LogP contribution in [0.15, 0.2) is 0 Å². The highest BCUT2D eigenvalue weighted by atomic mass is 15.3. The van der Waals surface area contributed by atoms with Gasteiger partial charge < -0.3 is 5.32 Å². The molecule has 2 fully saturated rings. The van der Waals surface area contributed by atoms with E-state index in [2.05, 4.69) is 17.1 Å². The minimum absolute atomic E-state index is 0.627. The largest absolute Gasteiger partial charge is 0.301 e. The third-order valence-electron chi connectivity index (χ3n) is 3.60. The Bertz CT molecular complexity index is 152.